The number of aryl methyl sites for hydroxylation is 3. The predicted octanol–water partition coefficient (Wildman–Crippen LogP) is 2.88. The number of carbonyl (C=O) groups is 1. The van der Waals surface area contributed by atoms with Crippen molar-refractivity contribution in [3.8, 4) is 11.7 Å². The first kappa shape index (κ1) is 21.0. The van der Waals surface area contributed by atoms with E-state index in [1.807, 2.05) is 26.8 Å². The summed E-state index contributed by atoms with van der Waals surface area (Å²) < 4.78 is 8.23. The first-order chi connectivity index (χ1) is 13.7. The molecule has 0 fully saturated rings. The first-order valence-electron chi connectivity index (χ1n) is 8.77. The molecule has 11 heteroatoms. The maximum atomic E-state index is 12.7. The largest absolute Gasteiger partial charge is 0.495 e. The second-order valence-corrected chi connectivity index (χ2v) is 8.26. The zero-order valence-electron chi connectivity index (χ0n) is 16.7. The van der Waals surface area contributed by atoms with E-state index >= 15 is 0 Å². The summed E-state index contributed by atoms with van der Waals surface area (Å²) in [7, 11) is 1.52. The van der Waals surface area contributed by atoms with Gasteiger partial charge in [0.15, 0.2) is 0 Å². The molecule has 29 heavy (non-hydrogen) atoms. The molecule has 3 rings (SSSR count). The van der Waals surface area contributed by atoms with Crippen LogP contribution >= 0.6 is 23.4 Å². The van der Waals surface area contributed by atoms with Gasteiger partial charge in [-0.25, -0.2) is 9.36 Å². The molecule has 0 spiro atoms. The molecule has 2 heterocycles. The van der Waals surface area contributed by atoms with Crippen LogP contribution in [0.1, 0.15) is 23.9 Å². The molecular weight excluding hydrogens is 414 g/mol. The summed E-state index contributed by atoms with van der Waals surface area (Å²) in [6.45, 7) is 7.40. The molecule has 1 atom stereocenters. The number of methoxy groups -OCH3 is 1. The number of halogens is 1. The van der Waals surface area contributed by atoms with E-state index in [2.05, 4.69) is 20.6 Å². The number of hydrogen-bond donors (Lipinski definition) is 2. The van der Waals surface area contributed by atoms with Crippen molar-refractivity contribution in [1.82, 2.24) is 24.7 Å². The van der Waals surface area contributed by atoms with Crippen LogP contribution in [0.5, 0.6) is 5.75 Å². The number of nitrogens with one attached hydrogen (secondary N) is 1. The third-order valence-corrected chi connectivity index (χ3v) is 5.70. The summed E-state index contributed by atoms with van der Waals surface area (Å²) in [6.07, 6.45) is 0. The number of anilines is 1. The number of benzene rings is 1. The molecule has 3 N–H and O–H groups in total. The Morgan fingerprint density at radius 3 is 2.62 bits per heavy atom. The van der Waals surface area contributed by atoms with E-state index in [1.54, 1.807) is 23.7 Å². The molecule has 0 saturated heterocycles. The minimum atomic E-state index is -0.490. The molecule has 1 amide bonds. The van der Waals surface area contributed by atoms with Crippen molar-refractivity contribution < 1.29 is 9.53 Å². The number of aromatic nitrogens is 5. The van der Waals surface area contributed by atoms with Crippen LogP contribution in [-0.4, -0.2) is 42.9 Å². The Morgan fingerprint density at radius 2 is 2.00 bits per heavy atom. The van der Waals surface area contributed by atoms with Gasteiger partial charge in [-0.3, -0.25) is 4.79 Å². The number of hydrogen-bond acceptors (Lipinski definition) is 7. The number of ether oxygens (including phenoxy) is 1. The third kappa shape index (κ3) is 4.33. The second-order valence-electron chi connectivity index (χ2n) is 6.54. The summed E-state index contributed by atoms with van der Waals surface area (Å²) in [5.41, 5.74) is 3.11. The fourth-order valence-corrected chi connectivity index (χ4v) is 3.62. The van der Waals surface area contributed by atoms with Crippen molar-refractivity contribution in [3.63, 3.8) is 0 Å². The Kier molecular flexibility index (Phi) is 6.04. The van der Waals surface area contributed by atoms with E-state index in [0.717, 1.165) is 17.0 Å². The Balaban J connectivity index is 1.76. The zero-order valence-corrected chi connectivity index (χ0v) is 18.3. The molecule has 1 unspecified atom stereocenters. The Morgan fingerprint density at radius 1 is 1.28 bits per heavy atom. The average molecular weight is 436 g/mol. The van der Waals surface area contributed by atoms with E-state index in [9.17, 15) is 4.79 Å². The van der Waals surface area contributed by atoms with Gasteiger partial charge in [-0.05, 0) is 45.4 Å². The number of rotatable bonds is 6. The summed E-state index contributed by atoms with van der Waals surface area (Å²) in [5.74, 6) is 6.77. The number of amides is 1. The molecule has 3 aromatic rings. The number of nitrogens with zero attached hydrogens (tertiary/aromatic N) is 5. The lowest BCUT2D eigenvalue weighted by Crippen LogP contribution is -2.24. The van der Waals surface area contributed by atoms with Gasteiger partial charge in [0.05, 0.1) is 23.7 Å². The molecule has 0 aliphatic rings. The van der Waals surface area contributed by atoms with Crippen LogP contribution in [0, 0.1) is 20.8 Å². The highest BCUT2D eigenvalue weighted by atomic mass is 35.5. The quantitative estimate of drug-likeness (QED) is 0.452. The smallest absolute Gasteiger partial charge is 0.271 e. The molecule has 1 aromatic carbocycles. The molecule has 0 aliphatic heterocycles. The highest BCUT2D eigenvalue weighted by molar-refractivity contribution is 8.00. The molecule has 0 radical (unpaired) electrons. The lowest BCUT2D eigenvalue weighted by atomic mass is 10.2. The van der Waals surface area contributed by atoms with Gasteiger partial charge in [-0.15, -0.1) is 10.2 Å². The van der Waals surface area contributed by atoms with Gasteiger partial charge >= 0.3 is 0 Å². The topological polar surface area (TPSA) is 113 Å². The van der Waals surface area contributed by atoms with Gasteiger partial charge in [0.1, 0.15) is 5.75 Å². The minimum absolute atomic E-state index is 0.231. The lowest BCUT2D eigenvalue weighted by Gasteiger charge is -2.15. The maximum Gasteiger partial charge on any atom is 0.271 e. The molecule has 0 saturated carbocycles. The minimum Gasteiger partial charge on any atom is -0.495 e. The number of carbonyl (C=O) groups excluding carboxylic acids is 1. The van der Waals surface area contributed by atoms with Gasteiger partial charge < -0.3 is 15.9 Å². The SMILES string of the molecule is COc1cc(Cl)c(C)cc1NC(=O)C(C)Sc1nnc(-n2nc(C)cc2C)n1N. The van der Waals surface area contributed by atoms with Crippen molar-refractivity contribution >= 4 is 35.0 Å². The van der Waals surface area contributed by atoms with Crippen molar-refractivity contribution in [2.24, 2.45) is 0 Å². The number of nitrogens with two attached hydrogens (primary N) is 1. The van der Waals surface area contributed by atoms with Crippen LogP contribution in [0.15, 0.2) is 23.4 Å². The molecule has 2 aromatic heterocycles. The highest BCUT2D eigenvalue weighted by Crippen LogP contribution is 2.32. The summed E-state index contributed by atoms with van der Waals surface area (Å²) in [6, 6.07) is 5.35. The van der Waals surface area contributed by atoms with Crippen molar-refractivity contribution in [2.75, 3.05) is 18.3 Å². The highest BCUT2D eigenvalue weighted by Gasteiger charge is 2.22. The Bertz CT molecular complexity index is 1060. The third-order valence-electron chi connectivity index (χ3n) is 4.24. The van der Waals surface area contributed by atoms with E-state index in [-0.39, 0.29) is 5.91 Å². The van der Waals surface area contributed by atoms with Gasteiger partial charge in [0.2, 0.25) is 11.1 Å². The molecule has 0 bridgehead atoms. The van der Waals surface area contributed by atoms with Crippen LogP contribution in [0.3, 0.4) is 0 Å². The number of nitrogen functional groups attached to an aromatic ring is 1. The monoisotopic (exact) mass is 435 g/mol. The zero-order chi connectivity index (χ0) is 21.3. The average Bonchev–Trinajstić information content (AvgIpc) is 3.19. The summed E-state index contributed by atoms with van der Waals surface area (Å²) in [5, 5.41) is 15.9. The molecule has 154 valence electrons. The van der Waals surface area contributed by atoms with Crippen molar-refractivity contribution in [2.45, 2.75) is 38.1 Å². The van der Waals surface area contributed by atoms with Gasteiger partial charge in [-0.2, -0.15) is 5.10 Å². The van der Waals surface area contributed by atoms with Gasteiger partial charge in [-0.1, -0.05) is 23.4 Å². The predicted molar refractivity (Wildman–Crippen MR) is 113 cm³/mol. The summed E-state index contributed by atoms with van der Waals surface area (Å²) >= 11 is 7.31. The number of thioether (sulfide) groups is 1. The second kappa shape index (κ2) is 8.34. The molecule has 9 nitrogen and oxygen atoms in total. The van der Waals surface area contributed by atoms with Crippen molar-refractivity contribution in [1.29, 1.82) is 0 Å². The van der Waals surface area contributed by atoms with Crippen molar-refractivity contribution in [3.05, 3.63) is 40.2 Å². The first-order valence-corrected chi connectivity index (χ1v) is 10.0. The fraction of sp³-hybridized carbons (Fsp3) is 0.333. The van der Waals surface area contributed by atoms with Crippen LogP contribution in [0.2, 0.25) is 5.02 Å². The Hall–Kier alpha value is -2.72. The van der Waals surface area contributed by atoms with Crippen LogP contribution in [0.4, 0.5) is 5.69 Å². The standard InChI is InChI=1S/C18H22ClN7O2S/c1-9-6-14(15(28-5)8-13(9)19)21-16(27)12(4)29-18-23-22-17(25(18)20)26-11(3)7-10(2)24-26/h6-8,12H,20H2,1-5H3,(H,21,27). The van der Waals surface area contributed by atoms with Gasteiger partial charge in [0, 0.05) is 16.8 Å². The fourth-order valence-electron chi connectivity index (χ4n) is 2.70. The van der Waals surface area contributed by atoms with Crippen LogP contribution in [0.25, 0.3) is 5.95 Å². The van der Waals surface area contributed by atoms with E-state index in [1.165, 1.54) is 23.5 Å². The summed E-state index contributed by atoms with van der Waals surface area (Å²) in [4.78, 5) is 12.7. The van der Waals surface area contributed by atoms with Crippen LogP contribution < -0.4 is 15.9 Å². The Labute approximate surface area is 177 Å². The maximum absolute atomic E-state index is 12.7. The van der Waals surface area contributed by atoms with E-state index in [4.69, 9.17) is 22.2 Å². The lowest BCUT2D eigenvalue weighted by molar-refractivity contribution is -0.115. The van der Waals surface area contributed by atoms with E-state index < -0.39 is 5.25 Å². The molecule has 0 aliphatic carbocycles. The van der Waals surface area contributed by atoms with E-state index in [0.29, 0.717) is 27.6 Å². The van der Waals surface area contributed by atoms with Gasteiger partial charge in [0.25, 0.3) is 5.95 Å². The normalized spacial score (nSPS) is 12.1. The van der Waals surface area contributed by atoms with Crippen LogP contribution in [-0.2, 0) is 4.79 Å². The molecular formula is C18H22ClN7O2S.